The molecule has 0 radical (unpaired) electrons. The van der Waals surface area contributed by atoms with Gasteiger partial charge in [-0.05, 0) is 36.5 Å². The van der Waals surface area contributed by atoms with Crippen molar-refractivity contribution in [2.45, 2.75) is 32.2 Å². The number of aliphatic imine (C=N–C) groups is 1. The summed E-state index contributed by atoms with van der Waals surface area (Å²) in [4.78, 5) is 4.22. The molecule has 1 aliphatic rings. The lowest BCUT2D eigenvalue weighted by atomic mass is 10.2. The largest absolute Gasteiger partial charge is 0.356 e. The van der Waals surface area contributed by atoms with Crippen LogP contribution in [0.5, 0.6) is 0 Å². The summed E-state index contributed by atoms with van der Waals surface area (Å²) >= 11 is 5.96. The molecule has 1 aromatic carbocycles. The standard InChI is InChI=1S/C15H22ClN3/c1-17-15(18-9-3-5-12-7-8-12)19-11-13-4-2-6-14(16)10-13/h2,4,6,10,12H,3,5,7-9,11H2,1H3,(H2,17,18,19). The van der Waals surface area contributed by atoms with Gasteiger partial charge in [0.15, 0.2) is 5.96 Å². The van der Waals surface area contributed by atoms with Crippen LogP contribution in [0.1, 0.15) is 31.2 Å². The van der Waals surface area contributed by atoms with E-state index in [1.165, 1.54) is 25.7 Å². The lowest BCUT2D eigenvalue weighted by molar-refractivity contribution is 0.644. The molecule has 1 aliphatic carbocycles. The molecule has 3 nitrogen and oxygen atoms in total. The molecular weight excluding hydrogens is 258 g/mol. The Hall–Kier alpha value is -1.22. The van der Waals surface area contributed by atoms with Crippen molar-refractivity contribution in [1.29, 1.82) is 0 Å². The highest BCUT2D eigenvalue weighted by Gasteiger charge is 2.19. The molecule has 1 fully saturated rings. The third-order valence-corrected chi connectivity index (χ3v) is 3.59. The fourth-order valence-electron chi connectivity index (χ4n) is 2.06. The second-order valence-corrected chi connectivity index (χ2v) is 5.50. The number of rotatable bonds is 6. The molecule has 0 aromatic heterocycles. The summed E-state index contributed by atoms with van der Waals surface area (Å²) in [6.45, 7) is 1.73. The van der Waals surface area contributed by atoms with E-state index in [9.17, 15) is 0 Å². The van der Waals surface area contributed by atoms with Gasteiger partial charge >= 0.3 is 0 Å². The van der Waals surface area contributed by atoms with E-state index < -0.39 is 0 Å². The SMILES string of the molecule is CN=C(NCCCC1CC1)NCc1cccc(Cl)c1. The Kier molecular flexibility index (Phi) is 5.52. The maximum absolute atomic E-state index is 5.96. The van der Waals surface area contributed by atoms with Crippen LogP contribution in [0.25, 0.3) is 0 Å². The van der Waals surface area contributed by atoms with Gasteiger partial charge in [0.25, 0.3) is 0 Å². The van der Waals surface area contributed by atoms with Gasteiger partial charge in [0.05, 0.1) is 0 Å². The van der Waals surface area contributed by atoms with Crippen LogP contribution in [0, 0.1) is 5.92 Å². The number of hydrogen-bond acceptors (Lipinski definition) is 1. The van der Waals surface area contributed by atoms with Gasteiger partial charge < -0.3 is 10.6 Å². The average Bonchev–Trinajstić information content (AvgIpc) is 3.22. The van der Waals surface area contributed by atoms with E-state index >= 15 is 0 Å². The normalized spacial score (nSPS) is 15.4. The molecule has 0 spiro atoms. The van der Waals surface area contributed by atoms with Crippen molar-refractivity contribution in [3.63, 3.8) is 0 Å². The van der Waals surface area contributed by atoms with Crippen molar-refractivity contribution in [3.8, 4) is 0 Å². The van der Waals surface area contributed by atoms with E-state index in [1.54, 1.807) is 7.05 Å². The van der Waals surface area contributed by atoms with E-state index in [0.717, 1.165) is 35.6 Å². The minimum atomic E-state index is 0.739. The molecule has 104 valence electrons. The zero-order chi connectivity index (χ0) is 13.5. The summed E-state index contributed by atoms with van der Waals surface area (Å²) in [5.74, 6) is 1.86. The predicted molar refractivity (Wildman–Crippen MR) is 81.6 cm³/mol. The van der Waals surface area contributed by atoms with Crippen LogP contribution in [0.15, 0.2) is 29.3 Å². The number of halogens is 1. The van der Waals surface area contributed by atoms with Crippen molar-refractivity contribution < 1.29 is 0 Å². The maximum atomic E-state index is 5.96. The van der Waals surface area contributed by atoms with Crippen LogP contribution in [0.4, 0.5) is 0 Å². The summed E-state index contributed by atoms with van der Waals surface area (Å²) in [6, 6.07) is 7.87. The Morgan fingerprint density at radius 3 is 2.89 bits per heavy atom. The third-order valence-electron chi connectivity index (χ3n) is 3.35. The first-order valence-corrected chi connectivity index (χ1v) is 7.34. The van der Waals surface area contributed by atoms with Crippen LogP contribution in [0.3, 0.4) is 0 Å². The van der Waals surface area contributed by atoms with E-state index in [2.05, 4.69) is 21.7 Å². The highest BCUT2D eigenvalue weighted by atomic mass is 35.5. The highest BCUT2D eigenvalue weighted by molar-refractivity contribution is 6.30. The summed E-state index contributed by atoms with van der Waals surface area (Å²) in [6.07, 6.45) is 5.43. The van der Waals surface area contributed by atoms with Gasteiger partial charge in [-0.3, -0.25) is 4.99 Å². The zero-order valence-electron chi connectivity index (χ0n) is 11.5. The molecule has 1 saturated carbocycles. The van der Waals surface area contributed by atoms with E-state index in [4.69, 9.17) is 11.6 Å². The minimum absolute atomic E-state index is 0.739. The molecule has 0 aliphatic heterocycles. The van der Waals surface area contributed by atoms with Crippen LogP contribution >= 0.6 is 11.6 Å². The summed E-state index contributed by atoms with van der Waals surface area (Å²) < 4.78 is 0. The van der Waals surface area contributed by atoms with Crippen molar-refractivity contribution in [3.05, 3.63) is 34.9 Å². The first-order chi connectivity index (χ1) is 9.28. The smallest absolute Gasteiger partial charge is 0.191 e. The molecule has 1 aromatic rings. The Morgan fingerprint density at radius 1 is 1.37 bits per heavy atom. The monoisotopic (exact) mass is 279 g/mol. The van der Waals surface area contributed by atoms with Crippen molar-refractivity contribution >= 4 is 17.6 Å². The zero-order valence-corrected chi connectivity index (χ0v) is 12.2. The Morgan fingerprint density at radius 2 is 2.21 bits per heavy atom. The Bertz CT molecular complexity index is 427. The number of nitrogens with zero attached hydrogens (tertiary/aromatic N) is 1. The molecule has 4 heteroatoms. The van der Waals surface area contributed by atoms with E-state index in [0.29, 0.717) is 0 Å². The van der Waals surface area contributed by atoms with Crippen LogP contribution in [-0.4, -0.2) is 19.6 Å². The summed E-state index contributed by atoms with van der Waals surface area (Å²) in [5.41, 5.74) is 1.16. The number of guanidine groups is 1. The number of benzene rings is 1. The first-order valence-electron chi connectivity index (χ1n) is 6.97. The fraction of sp³-hybridized carbons (Fsp3) is 0.533. The third kappa shape index (κ3) is 5.52. The van der Waals surface area contributed by atoms with Gasteiger partial charge in [-0.25, -0.2) is 0 Å². The van der Waals surface area contributed by atoms with Gasteiger partial charge in [-0.15, -0.1) is 0 Å². The van der Waals surface area contributed by atoms with Gasteiger partial charge in [0.2, 0.25) is 0 Å². The van der Waals surface area contributed by atoms with Crippen molar-refractivity contribution in [2.75, 3.05) is 13.6 Å². The minimum Gasteiger partial charge on any atom is -0.356 e. The van der Waals surface area contributed by atoms with Gasteiger partial charge in [0.1, 0.15) is 0 Å². The molecule has 19 heavy (non-hydrogen) atoms. The predicted octanol–water partition coefficient (Wildman–Crippen LogP) is 3.20. The Labute approximate surface area is 120 Å². The van der Waals surface area contributed by atoms with Crippen molar-refractivity contribution in [2.24, 2.45) is 10.9 Å². The van der Waals surface area contributed by atoms with Gasteiger partial charge in [-0.2, -0.15) is 0 Å². The van der Waals surface area contributed by atoms with Gasteiger partial charge in [-0.1, -0.05) is 36.6 Å². The molecule has 0 saturated heterocycles. The molecular formula is C15H22ClN3. The second-order valence-electron chi connectivity index (χ2n) is 5.07. The average molecular weight is 280 g/mol. The summed E-state index contributed by atoms with van der Waals surface area (Å²) in [5, 5.41) is 7.41. The highest BCUT2D eigenvalue weighted by Crippen LogP contribution is 2.33. The summed E-state index contributed by atoms with van der Waals surface area (Å²) in [7, 11) is 1.80. The van der Waals surface area contributed by atoms with Gasteiger partial charge in [0, 0.05) is 25.2 Å². The second kappa shape index (κ2) is 7.39. The maximum Gasteiger partial charge on any atom is 0.191 e. The quantitative estimate of drug-likeness (QED) is 0.477. The molecule has 0 amide bonds. The van der Waals surface area contributed by atoms with Crippen molar-refractivity contribution in [1.82, 2.24) is 10.6 Å². The van der Waals surface area contributed by atoms with Crippen LogP contribution in [0.2, 0.25) is 5.02 Å². The lowest BCUT2D eigenvalue weighted by Crippen LogP contribution is -2.37. The van der Waals surface area contributed by atoms with E-state index in [-0.39, 0.29) is 0 Å². The lowest BCUT2D eigenvalue weighted by Gasteiger charge is -2.12. The molecule has 0 atom stereocenters. The Balaban J connectivity index is 1.66. The topological polar surface area (TPSA) is 36.4 Å². The van der Waals surface area contributed by atoms with Crippen LogP contribution in [-0.2, 0) is 6.54 Å². The first kappa shape index (κ1) is 14.2. The number of hydrogen-bond donors (Lipinski definition) is 2. The van der Waals surface area contributed by atoms with E-state index in [1.807, 2.05) is 18.2 Å². The fourth-order valence-corrected chi connectivity index (χ4v) is 2.27. The molecule has 0 unspecified atom stereocenters. The number of nitrogens with one attached hydrogen (secondary N) is 2. The molecule has 0 bridgehead atoms. The van der Waals surface area contributed by atoms with Crippen LogP contribution < -0.4 is 10.6 Å². The molecule has 2 rings (SSSR count). The molecule has 0 heterocycles. The molecule has 2 N–H and O–H groups in total.